The maximum Gasteiger partial charge on any atom is 0.340 e. The Kier molecular flexibility index (Phi) is 6.20. The smallest absolute Gasteiger partial charge is 0.340 e. The molecule has 2 aromatic rings. The molecule has 1 aromatic carbocycles. The van der Waals surface area contributed by atoms with Crippen molar-refractivity contribution in [1.82, 2.24) is 9.88 Å². The molecule has 0 bridgehead atoms. The van der Waals surface area contributed by atoms with Gasteiger partial charge < -0.3 is 14.6 Å². The summed E-state index contributed by atoms with van der Waals surface area (Å²) < 4.78 is 6.61. The molecule has 1 amide bonds. The zero-order chi connectivity index (χ0) is 16.7. The summed E-state index contributed by atoms with van der Waals surface area (Å²) in [4.78, 5) is 24.0. The molecule has 0 fully saturated rings. The lowest BCUT2D eigenvalue weighted by molar-refractivity contribution is -0.121. The highest BCUT2D eigenvalue weighted by Crippen LogP contribution is 2.21. The van der Waals surface area contributed by atoms with Crippen LogP contribution in [0.5, 0.6) is 0 Å². The molecule has 0 radical (unpaired) electrons. The van der Waals surface area contributed by atoms with Crippen LogP contribution in [0.1, 0.15) is 43.0 Å². The number of unbranched alkanes of at least 4 members (excludes halogenated alkanes) is 3. The number of esters is 1. The van der Waals surface area contributed by atoms with Crippen molar-refractivity contribution < 1.29 is 14.3 Å². The number of hydrogen-bond acceptors (Lipinski definition) is 3. The maximum atomic E-state index is 12.1. The van der Waals surface area contributed by atoms with Gasteiger partial charge in [0.2, 0.25) is 5.91 Å². The third-order valence-electron chi connectivity index (χ3n) is 3.86. The highest BCUT2D eigenvalue weighted by atomic mass is 16.5. The quantitative estimate of drug-likeness (QED) is 0.601. The van der Waals surface area contributed by atoms with E-state index in [1.165, 1.54) is 20.0 Å². The normalized spacial score (nSPS) is 10.7. The molecule has 0 aliphatic rings. The number of benzene rings is 1. The molecule has 2 rings (SSSR count). The van der Waals surface area contributed by atoms with Gasteiger partial charge in [0.1, 0.15) is 6.54 Å². The number of hydrogen-bond donors (Lipinski definition) is 1. The van der Waals surface area contributed by atoms with Gasteiger partial charge in [0, 0.05) is 23.6 Å². The van der Waals surface area contributed by atoms with Crippen LogP contribution in [0.4, 0.5) is 0 Å². The van der Waals surface area contributed by atoms with Crippen LogP contribution in [0.2, 0.25) is 0 Å². The van der Waals surface area contributed by atoms with Gasteiger partial charge in [-0.2, -0.15) is 0 Å². The van der Waals surface area contributed by atoms with E-state index in [0.717, 1.165) is 23.7 Å². The zero-order valence-electron chi connectivity index (χ0n) is 13.8. The summed E-state index contributed by atoms with van der Waals surface area (Å²) in [6.45, 7) is 3.06. The molecule has 0 spiro atoms. The van der Waals surface area contributed by atoms with E-state index >= 15 is 0 Å². The Labute approximate surface area is 136 Å². The summed E-state index contributed by atoms with van der Waals surface area (Å²) in [6.07, 6.45) is 6.20. The van der Waals surface area contributed by atoms with E-state index in [4.69, 9.17) is 4.74 Å². The van der Waals surface area contributed by atoms with E-state index in [0.29, 0.717) is 12.1 Å². The Bertz CT molecular complexity index is 676. The van der Waals surface area contributed by atoms with Gasteiger partial charge in [-0.1, -0.05) is 44.4 Å². The minimum absolute atomic E-state index is 0.0429. The van der Waals surface area contributed by atoms with Gasteiger partial charge >= 0.3 is 5.97 Å². The monoisotopic (exact) mass is 316 g/mol. The molecule has 23 heavy (non-hydrogen) atoms. The molecular weight excluding hydrogens is 292 g/mol. The number of nitrogens with one attached hydrogen (secondary N) is 1. The fourth-order valence-electron chi connectivity index (χ4n) is 2.64. The predicted octanol–water partition coefficient (Wildman–Crippen LogP) is 3.12. The highest BCUT2D eigenvalue weighted by Gasteiger charge is 2.16. The number of amides is 1. The van der Waals surface area contributed by atoms with Crippen molar-refractivity contribution in [2.75, 3.05) is 13.7 Å². The van der Waals surface area contributed by atoms with Crippen molar-refractivity contribution in [3.63, 3.8) is 0 Å². The van der Waals surface area contributed by atoms with Crippen LogP contribution in [0.15, 0.2) is 30.5 Å². The first-order valence-electron chi connectivity index (χ1n) is 8.10. The fourth-order valence-corrected chi connectivity index (χ4v) is 2.64. The summed E-state index contributed by atoms with van der Waals surface area (Å²) in [5, 5.41) is 3.73. The third-order valence-corrected chi connectivity index (χ3v) is 3.86. The van der Waals surface area contributed by atoms with E-state index in [-0.39, 0.29) is 18.4 Å². The lowest BCUT2D eigenvalue weighted by atomic mass is 10.2. The van der Waals surface area contributed by atoms with Gasteiger partial charge in [-0.25, -0.2) is 4.79 Å². The molecule has 0 unspecified atom stereocenters. The van der Waals surface area contributed by atoms with Gasteiger partial charge in [-0.3, -0.25) is 4.79 Å². The average molecular weight is 316 g/mol. The Morgan fingerprint density at radius 2 is 1.96 bits per heavy atom. The molecule has 0 aliphatic carbocycles. The van der Waals surface area contributed by atoms with Crippen molar-refractivity contribution in [3.05, 3.63) is 36.0 Å². The SMILES string of the molecule is CCCCCCNC(=O)Cn1cc(C(=O)OC)c2ccccc21. The van der Waals surface area contributed by atoms with Gasteiger partial charge in [-0.05, 0) is 12.5 Å². The molecule has 0 aliphatic heterocycles. The predicted molar refractivity (Wildman–Crippen MR) is 90.4 cm³/mol. The lowest BCUT2D eigenvalue weighted by Crippen LogP contribution is -2.28. The summed E-state index contributed by atoms with van der Waals surface area (Å²) in [5.41, 5.74) is 1.34. The van der Waals surface area contributed by atoms with Crippen molar-refractivity contribution in [1.29, 1.82) is 0 Å². The molecule has 0 saturated carbocycles. The average Bonchev–Trinajstić information content (AvgIpc) is 2.93. The first-order valence-corrected chi connectivity index (χ1v) is 8.10. The molecular formula is C18H24N2O3. The van der Waals surface area contributed by atoms with Gasteiger partial charge in [0.15, 0.2) is 0 Å². The minimum atomic E-state index is -0.389. The van der Waals surface area contributed by atoms with Crippen LogP contribution in [0.3, 0.4) is 0 Å². The summed E-state index contributed by atoms with van der Waals surface area (Å²) >= 11 is 0. The first-order chi connectivity index (χ1) is 11.2. The van der Waals surface area contributed by atoms with Crippen LogP contribution < -0.4 is 5.32 Å². The fraction of sp³-hybridized carbons (Fsp3) is 0.444. The van der Waals surface area contributed by atoms with Gasteiger partial charge in [-0.15, -0.1) is 0 Å². The highest BCUT2D eigenvalue weighted by molar-refractivity contribution is 6.04. The molecule has 1 heterocycles. The van der Waals surface area contributed by atoms with Gasteiger partial charge in [0.05, 0.1) is 12.7 Å². The van der Waals surface area contributed by atoms with E-state index in [1.54, 1.807) is 10.8 Å². The van der Waals surface area contributed by atoms with Crippen molar-refractivity contribution >= 4 is 22.8 Å². The largest absolute Gasteiger partial charge is 0.465 e. The topological polar surface area (TPSA) is 60.3 Å². The Morgan fingerprint density at radius 1 is 1.17 bits per heavy atom. The number of carbonyl (C=O) groups is 2. The molecule has 0 atom stereocenters. The number of aromatic nitrogens is 1. The van der Waals surface area contributed by atoms with Crippen LogP contribution in [0.25, 0.3) is 10.9 Å². The molecule has 1 N–H and O–H groups in total. The molecule has 1 aromatic heterocycles. The molecule has 0 saturated heterocycles. The second-order valence-electron chi connectivity index (χ2n) is 5.59. The number of rotatable bonds is 8. The van der Waals surface area contributed by atoms with Crippen molar-refractivity contribution in [2.45, 2.75) is 39.2 Å². The molecule has 124 valence electrons. The Morgan fingerprint density at radius 3 is 2.70 bits per heavy atom. The van der Waals surface area contributed by atoms with Gasteiger partial charge in [0.25, 0.3) is 0 Å². The van der Waals surface area contributed by atoms with Crippen LogP contribution >= 0.6 is 0 Å². The van der Waals surface area contributed by atoms with E-state index in [2.05, 4.69) is 12.2 Å². The minimum Gasteiger partial charge on any atom is -0.465 e. The summed E-state index contributed by atoms with van der Waals surface area (Å²) in [6, 6.07) is 7.52. The number of methoxy groups -OCH3 is 1. The molecule has 5 nitrogen and oxygen atoms in total. The Balaban J connectivity index is 2.05. The van der Waals surface area contributed by atoms with E-state index in [9.17, 15) is 9.59 Å². The number of para-hydroxylation sites is 1. The third kappa shape index (κ3) is 4.34. The lowest BCUT2D eigenvalue weighted by Gasteiger charge is -2.07. The number of carbonyl (C=O) groups excluding carboxylic acids is 2. The second-order valence-corrected chi connectivity index (χ2v) is 5.59. The standard InChI is InChI=1S/C18H24N2O3/c1-3-4-5-8-11-19-17(21)13-20-12-15(18(22)23-2)14-9-6-7-10-16(14)20/h6-7,9-10,12H,3-5,8,11,13H2,1-2H3,(H,19,21). The van der Waals surface area contributed by atoms with Crippen LogP contribution in [-0.4, -0.2) is 30.1 Å². The number of ether oxygens (including phenoxy) is 1. The number of nitrogens with zero attached hydrogens (tertiary/aromatic N) is 1. The van der Waals surface area contributed by atoms with Crippen molar-refractivity contribution in [3.8, 4) is 0 Å². The first kappa shape index (κ1) is 17.1. The Hall–Kier alpha value is -2.30. The van der Waals surface area contributed by atoms with E-state index in [1.807, 2.05) is 24.3 Å². The van der Waals surface area contributed by atoms with Crippen LogP contribution in [0, 0.1) is 0 Å². The summed E-state index contributed by atoms with van der Waals surface area (Å²) in [5.74, 6) is -0.432. The summed E-state index contributed by atoms with van der Waals surface area (Å²) in [7, 11) is 1.36. The zero-order valence-corrected chi connectivity index (χ0v) is 13.8. The van der Waals surface area contributed by atoms with E-state index < -0.39 is 0 Å². The number of fused-ring (bicyclic) bond motifs is 1. The maximum absolute atomic E-state index is 12.1. The van der Waals surface area contributed by atoms with Crippen LogP contribution in [-0.2, 0) is 16.1 Å². The molecule has 5 heteroatoms. The van der Waals surface area contributed by atoms with Crippen molar-refractivity contribution in [2.24, 2.45) is 0 Å². The second kappa shape index (κ2) is 8.36.